The van der Waals surface area contributed by atoms with Gasteiger partial charge in [-0.3, -0.25) is 33.7 Å². The number of carbonyl (C=O) groups excluding carboxylic acids is 5. The van der Waals surface area contributed by atoms with Crippen LogP contribution < -0.4 is 25.4 Å². The maximum atomic E-state index is 15.0. The van der Waals surface area contributed by atoms with Crippen molar-refractivity contribution in [1.29, 1.82) is 0 Å². The van der Waals surface area contributed by atoms with Gasteiger partial charge in [-0.2, -0.15) is 4.80 Å². The van der Waals surface area contributed by atoms with Crippen LogP contribution in [0.25, 0.3) is 11.4 Å². The summed E-state index contributed by atoms with van der Waals surface area (Å²) in [4.78, 5) is 81.3. The number of nitrogens with one attached hydrogen (secondary N) is 4. The van der Waals surface area contributed by atoms with Gasteiger partial charge in [0, 0.05) is 30.9 Å². The number of benzene rings is 1. The highest BCUT2D eigenvalue weighted by Gasteiger charge is 2.67. The van der Waals surface area contributed by atoms with Gasteiger partial charge in [-0.25, -0.2) is 22.2 Å². The van der Waals surface area contributed by atoms with Crippen molar-refractivity contribution in [3.63, 3.8) is 0 Å². The first kappa shape index (κ1) is 45.4. The Bertz CT molecular complexity index is 2290. The number of nitrogens with zero attached hydrogens (tertiary/aromatic N) is 7. The van der Waals surface area contributed by atoms with E-state index >= 15 is 4.79 Å². The number of amides is 5. The second-order valence-corrected chi connectivity index (χ2v) is 20.1. The number of ether oxygens (including phenoxy) is 1. The highest BCUT2D eigenvalue weighted by molar-refractivity contribution is 7.91. The molecule has 1 saturated heterocycles. The number of aromatic nitrogens is 6. The minimum absolute atomic E-state index is 0.00333. The van der Waals surface area contributed by atoms with Crippen LogP contribution in [0.2, 0.25) is 0 Å². The minimum Gasteiger partial charge on any atom is -0.497 e. The largest absolute Gasteiger partial charge is 0.497 e. The van der Waals surface area contributed by atoms with Crippen LogP contribution in [0.3, 0.4) is 0 Å². The number of alkyl halides is 2. The Morgan fingerprint density at radius 2 is 1.70 bits per heavy atom. The number of likely N-dealkylation sites (tertiary alicyclic amines) is 1. The molecule has 2 aromatic heterocycles. The molecular weight excluding hydrogens is 845 g/mol. The Kier molecular flexibility index (Phi) is 13.1. The molecule has 19 nitrogen and oxygen atoms in total. The maximum absolute atomic E-state index is 15.0. The number of methoxy groups -OCH3 is 1. The van der Waals surface area contributed by atoms with Crippen LogP contribution in [-0.4, -0.2) is 122 Å². The second-order valence-electron chi connectivity index (χ2n) is 18.1. The van der Waals surface area contributed by atoms with Gasteiger partial charge in [-0.1, -0.05) is 40.0 Å². The van der Waals surface area contributed by atoms with Gasteiger partial charge < -0.3 is 25.6 Å². The molecule has 4 fully saturated rings. The molecule has 1 unspecified atom stereocenters. The minimum atomic E-state index is -4.17. The second kappa shape index (κ2) is 18.2. The zero-order valence-electron chi connectivity index (χ0n) is 35.5. The number of carbonyl (C=O) groups is 5. The molecule has 5 amide bonds. The number of rotatable bonds is 16. The van der Waals surface area contributed by atoms with E-state index in [1.165, 1.54) is 35.4 Å². The van der Waals surface area contributed by atoms with Gasteiger partial charge in [0.1, 0.15) is 35.1 Å². The van der Waals surface area contributed by atoms with E-state index in [-0.39, 0.29) is 36.8 Å². The lowest BCUT2D eigenvalue weighted by Gasteiger charge is -2.35. The van der Waals surface area contributed by atoms with E-state index in [1.807, 2.05) is 25.5 Å². The molecule has 1 aromatic carbocycles. The third-order valence-electron chi connectivity index (χ3n) is 12.2. The fourth-order valence-electron chi connectivity index (χ4n) is 8.52. The summed E-state index contributed by atoms with van der Waals surface area (Å²) in [5.74, 6) is -5.33. The van der Waals surface area contributed by atoms with Crippen molar-refractivity contribution < 1.29 is 45.9 Å². The van der Waals surface area contributed by atoms with E-state index in [1.54, 1.807) is 24.3 Å². The summed E-state index contributed by atoms with van der Waals surface area (Å²) in [7, 11) is -2.65. The zero-order chi connectivity index (χ0) is 45.3. The number of hydrogen-bond acceptors (Lipinski definition) is 13. The number of halogens is 2. The number of hydrogen-bond donors (Lipinski definition) is 4. The van der Waals surface area contributed by atoms with E-state index in [2.05, 4.69) is 41.3 Å². The van der Waals surface area contributed by atoms with Crippen molar-refractivity contribution in [3.8, 4) is 17.1 Å². The first-order chi connectivity index (χ1) is 29.9. The van der Waals surface area contributed by atoms with Crippen molar-refractivity contribution in [2.24, 2.45) is 17.3 Å². The molecule has 4 aliphatic rings. The Hall–Kier alpha value is -5.67. The molecule has 1 aliphatic heterocycles. The summed E-state index contributed by atoms with van der Waals surface area (Å²) < 4.78 is 61.2. The molecule has 4 N–H and O–H groups in total. The molecule has 340 valence electrons. The van der Waals surface area contributed by atoms with Gasteiger partial charge in [-0.15, -0.1) is 10.2 Å². The molecule has 6 atom stereocenters. The van der Waals surface area contributed by atoms with Crippen molar-refractivity contribution in [1.82, 2.24) is 55.7 Å². The molecule has 63 heavy (non-hydrogen) atoms. The van der Waals surface area contributed by atoms with Crippen molar-refractivity contribution in [2.75, 3.05) is 13.7 Å². The Morgan fingerprint density at radius 3 is 2.30 bits per heavy atom. The summed E-state index contributed by atoms with van der Waals surface area (Å²) in [6.07, 6.45) is 4.88. The van der Waals surface area contributed by atoms with Gasteiger partial charge >= 0.3 is 0 Å². The molecule has 0 bridgehead atoms. The molecule has 7 rings (SSSR count). The first-order valence-corrected chi connectivity index (χ1v) is 22.7. The average Bonchev–Trinajstić information content (AvgIpc) is 4.15. The summed E-state index contributed by atoms with van der Waals surface area (Å²) in [6, 6.07) is 2.32. The van der Waals surface area contributed by atoms with Crippen molar-refractivity contribution in [3.05, 3.63) is 48.5 Å². The number of tetrazole rings is 1. The average molecular weight is 898 g/mol. The monoisotopic (exact) mass is 897 g/mol. The topological polar surface area (TPSA) is 249 Å². The number of sulfonamides is 1. The zero-order valence-corrected chi connectivity index (χ0v) is 36.3. The smallest absolute Gasteiger partial charge is 0.272 e. The molecule has 3 aromatic rings. The van der Waals surface area contributed by atoms with Gasteiger partial charge in [-0.05, 0) is 79.3 Å². The molecule has 0 radical (unpaired) electrons. The van der Waals surface area contributed by atoms with Crippen LogP contribution in [0.5, 0.6) is 5.75 Å². The van der Waals surface area contributed by atoms with E-state index in [9.17, 15) is 36.4 Å². The van der Waals surface area contributed by atoms with Crippen LogP contribution in [0, 0.1) is 17.3 Å². The normalized spacial score (nSPS) is 23.7. The lowest BCUT2D eigenvalue weighted by Crippen LogP contribution is -2.60. The van der Waals surface area contributed by atoms with E-state index in [0.29, 0.717) is 37.0 Å². The Morgan fingerprint density at radius 1 is 0.984 bits per heavy atom. The lowest BCUT2D eigenvalue weighted by atomic mass is 9.82. The molecule has 3 heterocycles. The van der Waals surface area contributed by atoms with Crippen molar-refractivity contribution >= 4 is 39.6 Å². The van der Waals surface area contributed by atoms with Crippen LogP contribution in [0.1, 0.15) is 102 Å². The van der Waals surface area contributed by atoms with Crippen LogP contribution in [0.4, 0.5) is 8.78 Å². The van der Waals surface area contributed by atoms with Crippen molar-refractivity contribution in [2.45, 2.75) is 126 Å². The summed E-state index contributed by atoms with van der Waals surface area (Å²) in [6.45, 7) is 5.39. The molecule has 3 aliphatic carbocycles. The third kappa shape index (κ3) is 10.4. The van der Waals surface area contributed by atoms with Crippen LogP contribution >= 0.6 is 0 Å². The van der Waals surface area contributed by atoms with Crippen LogP contribution in [0.15, 0.2) is 42.9 Å². The quantitative estimate of drug-likeness (QED) is 0.161. The van der Waals surface area contributed by atoms with Gasteiger partial charge in [0.25, 0.3) is 11.8 Å². The highest BCUT2D eigenvalue weighted by atomic mass is 32.2. The molecule has 3 saturated carbocycles. The van der Waals surface area contributed by atoms with E-state index in [0.717, 1.165) is 19.3 Å². The van der Waals surface area contributed by atoms with E-state index in [4.69, 9.17) is 4.74 Å². The lowest BCUT2D eigenvalue weighted by molar-refractivity contribution is -0.143. The first-order valence-electron chi connectivity index (χ1n) is 21.2. The SMILES string of the molecule is COc1ccc(-c2nnn([C@@H]3CC(C(=O)N[C@]4(C(=O)NS(=O)(=O)C5CC5)C[C@H]4C(F)F)N(C(=O)[C@H](CC(C)(C)C)NC(=O)[C@@H](NC(=O)c4cnccn4)C4CCCCC4)C3)n2)cc1. The van der Waals surface area contributed by atoms with Gasteiger partial charge in [0.2, 0.25) is 40.0 Å². The summed E-state index contributed by atoms with van der Waals surface area (Å²) >= 11 is 0. The molecule has 22 heteroatoms. The predicted molar refractivity (Wildman–Crippen MR) is 220 cm³/mol. The highest BCUT2D eigenvalue weighted by Crippen LogP contribution is 2.48. The maximum Gasteiger partial charge on any atom is 0.272 e. The molecular formula is C41H53F2N11O8S. The fourth-order valence-corrected chi connectivity index (χ4v) is 9.88. The van der Waals surface area contributed by atoms with Crippen LogP contribution in [-0.2, 0) is 29.2 Å². The van der Waals surface area contributed by atoms with Gasteiger partial charge in [0.15, 0.2) is 0 Å². The van der Waals surface area contributed by atoms with E-state index < -0.39 is 98.7 Å². The standard InChI is InChI=1S/C41H53F2N11O8S/c1-40(2,3)20-29(46-37(57)32(23-8-6-5-7-9-23)47-35(55)30-21-44-16-17-45-30)38(58)53-22-25(54-50-34(49-52-54)24-10-12-26(62-4)13-11-24)18-31(53)36(56)48-41(19-28(41)33(42)43)39(59)51-63(60,61)27-14-15-27/h10-13,16-17,21,23,25,27-29,31-33H,5-9,14-15,18-20,22H2,1-4H3,(H,46,57)(H,47,55)(H,48,56)(H,51,59)/t25-,28+,29+,31?,32+,41-/m1/s1. The van der Waals surface area contributed by atoms with Gasteiger partial charge in [0.05, 0.1) is 30.5 Å². The summed E-state index contributed by atoms with van der Waals surface area (Å²) in [5.41, 5.74) is -2.25. The fraction of sp³-hybridized carbons (Fsp3) is 0.610. The Labute approximate surface area is 363 Å². The summed E-state index contributed by atoms with van der Waals surface area (Å²) in [5, 5.41) is 20.2. The Balaban J connectivity index is 1.19. The third-order valence-corrected chi connectivity index (χ3v) is 14.0. The molecule has 0 spiro atoms. The predicted octanol–water partition coefficient (Wildman–Crippen LogP) is 2.33.